The molecule has 20 heavy (non-hydrogen) atoms. The minimum Gasteiger partial charge on any atom is -0.478 e. The number of carboxylic acids is 1. The third kappa shape index (κ3) is 3.41. The summed E-state index contributed by atoms with van der Waals surface area (Å²) in [5.74, 6) is -0.911. The number of carboxylic acid groups (broad SMARTS) is 1. The van der Waals surface area contributed by atoms with Gasteiger partial charge in [-0.05, 0) is 59.4 Å². The molecule has 0 aliphatic rings. The Labute approximate surface area is 131 Å². The summed E-state index contributed by atoms with van der Waals surface area (Å²) in [6.07, 6.45) is 0. The average molecular weight is 354 g/mol. The van der Waals surface area contributed by atoms with Crippen molar-refractivity contribution in [3.63, 3.8) is 0 Å². The first kappa shape index (κ1) is 15.1. The Balaban J connectivity index is 2.32. The normalized spacial score (nSPS) is 10.8. The lowest BCUT2D eigenvalue weighted by Crippen LogP contribution is -2.30. The molecule has 0 spiro atoms. The molecule has 1 N–H and O–H groups in total. The van der Waals surface area contributed by atoms with Crippen molar-refractivity contribution >= 4 is 38.9 Å². The van der Waals surface area contributed by atoms with Gasteiger partial charge in [0.15, 0.2) is 0 Å². The van der Waals surface area contributed by atoms with Crippen LogP contribution in [-0.2, 0) is 6.54 Å². The van der Waals surface area contributed by atoms with Crippen LogP contribution >= 0.6 is 27.3 Å². The lowest BCUT2D eigenvalue weighted by atomic mass is 10.1. The molecule has 3 nitrogen and oxygen atoms in total. The Kier molecular flexibility index (Phi) is 4.83. The van der Waals surface area contributed by atoms with E-state index in [1.165, 1.54) is 4.88 Å². The highest BCUT2D eigenvalue weighted by Gasteiger charge is 2.16. The summed E-state index contributed by atoms with van der Waals surface area (Å²) < 4.78 is 0.808. The van der Waals surface area contributed by atoms with E-state index < -0.39 is 5.97 Å². The number of hydrogen-bond acceptors (Lipinski definition) is 3. The molecular weight excluding hydrogens is 338 g/mol. The summed E-state index contributed by atoms with van der Waals surface area (Å²) >= 11 is 5.21. The summed E-state index contributed by atoms with van der Waals surface area (Å²) in [5.41, 5.74) is 1.30. The first-order chi connectivity index (χ1) is 9.49. The van der Waals surface area contributed by atoms with Gasteiger partial charge in [0.1, 0.15) is 0 Å². The van der Waals surface area contributed by atoms with Crippen molar-refractivity contribution in [2.24, 2.45) is 0 Å². The van der Waals surface area contributed by atoms with Crippen molar-refractivity contribution in [2.45, 2.75) is 26.4 Å². The number of hydrogen-bond donors (Lipinski definition) is 1. The van der Waals surface area contributed by atoms with E-state index in [-0.39, 0.29) is 0 Å². The predicted octanol–water partition coefficient (Wildman–Crippen LogP) is 4.62. The monoisotopic (exact) mass is 353 g/mol. The molecule has 106 valence electrons. The van der Waals surface area contributed by atoms with Crippen LogP contribution in [0, 0.1) is 0 Å². The first-order valence-corrected chi connectivity index (χ1v) is 7.98. The molecule has 0 aliphatic heterocycles. The maximum atomic E-state index is 11.0. The van der Waals surface area contributed by atoms with Crippen molar-refractivity contribution in [3.05, 3.63) is 50.6 Å². The largest absolute Gasteiger partial charge is 0.478 e. The summed E-state index contributed by atoms with van der Waals surface area (Å²) in [7, 11) is 0. The zero-order valence-electron chi connectivity index (χ0n) is 11.3. The van der Waals surface area contributed by atoms with Crippen LogP contribution in [-0.4, -0.2) is 17.1 Å². The van der Waals surface area contributed by atoms with Gasteiger partial charge in [0.05, 0.1) is 17.8 Å². The van der Waals surface area contributed by atoms with E-state index in [0.717, 1.165) is 16.7 Å². The van der Waals surface area contributed by atoms with Crippen LogP contribution in [0.25, 0.3) is 0 Å². The molecular formula is C15H16BrNO2S. The van der Waals surface area contributed by atoms with E-state index in [0.29, 0.717) is 11.6 Å². The topological polar surface area (TPSA) is 40.5 Å². The van der Waals surface area contributed by atoms with E-state index in [1.807, 2.05) is 12.1 Å². The van der Waals surface area contributed by atoms with Crippen molar-refractivity contribution in [1.29, 1.82) is 0 Å². The maximum absolute atomic E-state index is 11.0. The Morgan fingerprint density at radius 2 is 2.15 bits per heavy atom. The van der Waals surface area contributed by atoms with Crippen molar-refractivity contribution in [3.8, 4) is 0 Å². The predicted molar refractivity (Wildman–Crippen MR) is 86.7 cm³/mol. The summed E-state index contributed by atoms with van der Waals surface area (Å²) in [5, 5.41) is 11.1. The minimum absolute atomic E-state index is 0.292. The summed E-state index contributed by atoms with van der Waals surface area (Å²) in [6.45, 7) is 5.08. The lowest BCUT2D eigenvalue weighted by molar-refractivity contribution is 0.0697. The van der Waals surface area contributed by atoms with E-state index in [4.69, 9.17) is 5.11 Å². The molecule has 1 aromatic carbocycles. The van der Waals surface area contributed by atoms with Gasteiger partial charge in [0, 0.05) is 15.4 Å². The highest BCUT2D eigenvalue weighted by molar-refractivity contribution is 9.10. The standard InChI is InChI=1S/C15H16BrNO2S/c1-10(2)17(9-12-4-3-7-20-12)14-6-5-11(15(18)19)8-13(14)16/h3-8,10H,9H2,1-2H3,(H,18,19). The van der Waals surface area contributed by atoms with Crippen LogP contribution in [0.1, 0.15) is 29.1 Å². The fourth-order valence-electron chi connectivity index (χ4n) is 1.99. The fraction of sp³-hybridized carbons (Fsp3) is 0.267. The summed E-state index contributed by atoms with van der Waals surface area (Å²) in [6, 6.07) is 9.64. The number of anilines is 1. The molecule has 0 saturated heterocycles. The molecule has 2 rings (SSSR count). The second-order valence-corrected chi connectivity index (χ2v) is 6.66. The van der Waals surface area contributed by atoms with Crippen molar-refractivity contribution < 1.29 is 9.90 Å². The van der Waals surface area contributed by atoms with E-state index in [9.17, 15) is 4.79 Å². The number of benzene rings is 1. The van der Waals surface area contributed by atoms with Crippen LogP contribution in [0.4, 0.5) is 5.69 Å². The van der Waals surface area contributed by atoms with Crippen LogP contribution in [0.2, 0.25) is 0 Å². The number of thiophene rings is 1. The van der Waals surface area contributed by atoms with Gasteiger partial charge in [0.25, 0.3) is 0 Å². The highest BCUT2D eigenvalue weighted by Crippen LogP contribution is 2.30. The van der Waals surface area contributed by atoms with Gasteiger partial charge in [-0.1, -0.05) is 6.07 Å². The molecule has 2 aromatic rings. The Morgan fingerprint density at radius 3 is 2.65 bits per heavy atom. The van der Waals surface area contributed by atoms with Gasteiger partial charge in [-0.15, -0.1) is 11.3 Å². The molecule has 0 bridgehead atoms. The smallest absolute Gasteiger partial charge is 0.335 e. The zero-order valence-corrected chi connectivity index (χ0v) is 13.7. The van der Waals surface area contributed by atoms with Gasteiger partial charge < -0.3 is 10.0 Å². The van der Waals surface area contributed by atoms with Crippen molar-refractivity contribution in [1.82, 2.24) is 0 Å². The van der Waals surface area contributed by atoms with Crippen LogP contribution in [0.3, 0.4) is 0 Å². The molecule has 0 unspecified atom stereocenters. The maximum Gasteiger partial charge on any atom is 0.335 e. The van der Waals surface area contributed by atoms with Gasteiger partial charge in [-0.25, -0.2) is 4.79 Å². The molecule has 0 saturated carbocycles. The Hall–Kier alpha value is -1.33. The summed E-state index contributed by atoms with van der Waals surface area (Å²) in [4.78, 5) is 14.5. The van der Waals surface area contributed by atoms with Gasteiger partial charge in [-0.3, -0.25) is 0 Å². The highest BCUT2D eigenvalue weighted by atomic mass is 79.9. The fourth-order valence-corrected chi connectivity index (χ4v) is 3.30. The molecule has 1 aromatic heterocycles. The number of nitrogens with zero attached hydrogens (tertiary/aromatic N) is 1. The Bertz CT molecular complexity index is 596. The molecule has 0 amide bonds. The number of halogens is 1. The first-order valence-electron chi connectivity index (χ1n) is 6.31. The number of aromatic carboxylic acids is 1. The molecule has 0 aliphatic carbocycles. The zero-order chi connectivity index (χ0) is 14.7. The quantitative estimate of drug-likeness (QED) is 0.852. The molecule has 0 fully saturated rings. The minimum atomic E-state index is -0.911. The number of carbonyl (C=O) groups is 1. The van der Waals surface area contributed by atoms with Crippen LogP contribution in [0.5, 0.6) is 0 Å². The van der Waals surface area contributed by atoms with E-state index >= 15 is 0 Å². The Morgan fingerprint density at radius 1 is 1.40 bits per heavy atom. The molecule has 0 radical (unpaired) electrons. The van der Waals surface area contributed by atoms with E-state index in [2.05, 4.69) is 46.1 Å². The van der Waals surface area contributed by atoms with Gasteiger partial charge in [0.2, 0.25) is 0 Å². The molecule has 0 atom stereocenters. The van der Waals surface area contributed by atoms with Crippen molar-refractivity contribution in [2.75, 3.05) is 4.90 Å². The van der Waals surface area contributed by atoms with Gasteiger partial charge in [-0.2, -0.15) is 0 Å². The SMILES string of the molecule is CC(C)N(Cc1cccs1)c1ccc(C(=O)O)cc1Br. The second-order valence-electron chi connectivity index (χ2n) is 4.77. The lowest BCUT2D eigenvalue weighted by Gasteiger charge is -2.29. The van der Waals surface area contributed by atoms with Gasteiger partial charge >= 0.3 is 5.97 Å². The molecule has 1 heterocycles. The molecule has 5 heteroatoms. The van der Waals surface area contributed by atoms with E-state index in [1.54, 1.807) is 23.5 Å². The van der Waals surface area contributed by atoms with Crippen LogP contribution < -0.4 is 4.90 Å². The number of rotatable bonds is 5. The third-order valence-corrected chi connectivity index (χ3v) is 4.53. The van der Waals surface area contributed by atoms with Crippen LogP contribution in [0.15, 0.2) is 40.2 Å². The second kappa shape index (κ2) is 6.41. The third-order valence-electron chi connectivity index (χ3n) is 3.03. The average Bonchev–Trinajstić information content (AvgIpc) is 2.89.